The third-order valence-electron chi connectivity index (χ3n) is 1.63. The Labute approximate surface area is 62.3 Å². The Bertz CT molecular complexity index is 89.6. The number of rotatable bonds is 3. The molecule has 1 saturated heterocycles. The summed E-state index contributed by atoms with van der Waals surface area (Å²) in [4.78, 5) is 2.17. The number of hydrogen-bond acceptors (Lipinski definition) is 2. The topological polar surface area (TPSA) is 26.6 Å². The molecule has 0 aromatic carbocycles. The molecule has 1 aliphatic rings. The van der Waals surface area contributed by atoms with E-state index in [-0.39, 0.29) is 0 Å². The van der Waals surface area contributed by atoms with Gasteiger partial charge in [0.2, 0.25) is 0 Å². The van der Waals surface area contributed by atoms with Crippen LogP contribution in [0.5, 0.6) is 0 Å². The lowest BCUT2D eigenvalue weighted by atomic mass is 10.2. The lowest BCUT2D eigenvalue weighted by Crippen LogP contribution is -2.21. The number of hydrogen-bond donors (Lipinski definition) is 0. The Balaban J connectivity index is 2.01. The standard InChI is InChI=1S/C7H15N2O/c1-9(2)4-3-7-5-8-6-10-7/h7H,3-6H2,1-2H3. The van der Waals surface area contributed by atoms with Crippen molar-refractivity contribution in [1.29, 1.82) is 0 Å². The average Bonchev–Trinajstić information content (AvgIpc) is 2.34. The van der Waals surface area contributed by atoms with Gasteiger partial charge in [0.25, 0.3) is 0 Å². The minimum atomic E-state index is 0.391. The molecule has 1 radical (unpaired) electrons. The van der Waals surface area contributed by atoms with Crippen molar-refractivity contribution in [3.63, 3.8) is 0 Å². The second-order valence-corrected chi connectivity index (χ2v) is 2.92. The summed E-state index contributed by atoms with van der Waals surface area (Å²) in [5.41, 5.74) is 0. The maximum Gasteiger partial charge on any atom is 0.113 e. The zero-order chi connectivity index (χ0) is 7.40. The van der Waals surface area contributed by atoms with Gasteiger partial charge >= 0.3 is 0 Å². The molecule has 3 nitrogen and oxygen atoms in total. The second kappa shape index (κ2) is 3.91. The van der Waals surface area contributed by atoms with Gasteiger partial charge in [-0.15, -0.1) is 0 Å². The molecule has 0 saturated carbocycles. The molecule has 3 heteroatoms. The highest BCUT2D eigenvalue weighted by Gasteiger charge is 2.15. The Morgan fingerprint density at radius 2 is 2.40 bits per heavy atom. The fourth-order valence-corrected chi connectivity index (χ4v) is 0.984. The summed E-state index contributed by atoms with van der Waals surface area (Å²) in [6.07, 6.45) is 1.50. The third-order valence-corrected chi connectivity index (χ3v) is 1.63. The van der Waals surface area contributed by atoms with E-state index in [2.05, 4.69) is 24.3 Å². The average molecular weight is 143 g/mol. The SMILES string of the molecule is CN(C)CCC1C[N]CO1. The molecule has 1 rings (SSSR count). The molecule has 1 fully saturated rings. The third kappa shape index (κ3) is 2.64. The monoisotopic (exact) mass is 143 g/mol. The molecule has 0 bridgehead atoms. The smallest absolute Gasteiger partial charge is 0.113 e. The van der Waals surface area contributed by atoms with E-state index in [0.29, 0.717) is 12.8 Å². The van der Waals surface area contributed by atoms with Crippen LogP contribution in [0.1, 0.15) is 6.42 Å². The predicted octanol–water partition coefficient (Wildman–Crippen LogP) is -0.101. The van der Waals surface area contributed by atoms with Crippen LogP contribution in [0.15, 0.2) is 0 Å². The molecule has 0 N–H and O–H groups in total. The van der Waals surface area contributed by atoms with Crippen LogP contribution in [-0.2, 0) is 4.74 Å². The first-order chi connectivity index (χ1) is 4.79. The lowest BCUT2D eigenvalue weighted by molar-refractivity contribution is 0.0999. The van der Waals surface area contributed by atoms with Crippen LogP contribution in [-0.4, -0.2) is 44.9 Å². The first kappa shape index (κ1) is 7.98. The molecule has 1 atom stereocenters. The largest absolute Gasteiger partial charge is 0.360 e. The van der Waals surface area contributed by atoms with Crippen molar-refractivity contribution in [1.82, 2.24) is 10.2 Å². The van der Waals surface area contributed by atoms with Gasteiger partial charge < -0.3 is 9.64 Å². The highest BCUT2D eigenvalue weighted by Crippen LogP contribution is 2.03. The molecule has 0 aromatic heterocycles. The molecule has 1 heterocycles. The summed E-state index contributed by atoms with van der Waals surface area (Å²) in [7, 11) is 4.15. The van der Waals surface area contributed by atoms with Crippen LogP contribution < -0.4 is 5.32 Å². The fourth-order valence-electron chi connectivity index (χ4n) is 0.984. The normalized spacial score (nSPS) is 26.1. The summed E-state index contributed by atoms with van der Waals surface area (Å²) in [5, 5.41) is 4.10. The molecule has 0 amide bonds. The van der Waals surface area contributed by atoms with E-state index in [4.69, 9.17) is 4.74 Å². The van der Waals surface area contributed by atoms with Crippen molar-refractivity contribution >= 4 is 0 Å². The summed E-state index contributed by atoms with van der Waals surface area (Å²) < 4.78 is 5.31. The fraction of sp³-hybridized carbons (Fsp3) is 1.00. The zero-order valence-electron chi connectivity index (χ0n) is 6.71. The van der Waals surface area contributed by atoms with Crippen LogP contribution >= 0.6 is 0 Å². The van der Waals surface area contributed by atoms with Crippen LogP contribution in [0, 0.1) is 0 Å². The Morgan fingerprint density at radius 3 is 2.90 bits per heavy atom. The van der Waals surface area contributed by atoms with Gasteiger partial charge in [-0.25, -0.2) is 5.32 Å². The summed E-state index contributed by atoms with van der Waals surface area (Å²) in [6, 6.07) is 0. The van der Waals surface area contributed by atoms with Gasteiger partial charge in [-0.05, 0) is 20.5 Å². The molecule has 0 aliphatic carbocycles. The molecule has 1 aliphatic heterocycles. The molecule has 10 heavy (non-hydrogen) atoms. The van der Waals surface area contributed by atoms with E-state index < -0.39 is 0 Å². The van der Waals surface area contributed by atoms with Gasteiger partial charge in [-0.2, -0.15) is 0 Å². The van der Waals surface area contributed by atoms with E-state index in [1.54, 1.807) is 0 Å². The maximum atomic E-state index is 5.31. The van der Waals surface area contributed by atoms with Gasteiger partial charge in [0.1, 0.15) is 6.73 Å². The van der Waals surface area contributed by atoms with Crippen LogP contribution in [0.3, 0.4) is 0 Å². The van der Waals surface area contributed by atoms with Crippen molar-refractivity contribution < 1.29 is 4.74 Å². The minimum absolute atomic E-state index is 0.391. The van der Waals surface area contributed by atoms with Gasteiger partial charge in [-0.3, -0.25) is 0 Å². The number of nitrogens with zero attached hydrogens (tertiary/aromatic N) is 2. The molecular formula is C7H15N2O. The van der Waals surface area contributed by atoms with Crippen LogP contribution in [0.2, 0.25) is 0 Å². The van der Waals surface area contributed by atoms with E-state index in [0.717, 1.165) is 19.5 Å². The summed E-state index contributed by atoms with van der Waals surface area (Å²) in [6.45, 7) is 2.60. The quantitative estimate of drug-likeness (QED) is 0.551. The predicted molar refractivity (Wildman–Crippen MR) is 39.9 cm³/mol. The van der Waals surface area contributed by atoms with E-state index in [9.17, 15) is 0 Å². The molecule has 1 unspecified atom stereocenters. The van der Waals surface area contributed by atoms with Crippen molar-refractivity contribution in [2.24, 2.45) is 0 Å². The van der Waals surface area contributed by atoms with Gasteiger partial charge in [-0.1, -0.05) is 0 Å². The van der Waals surface area contributed by atoms with E-state index >= 15 is 0 Å². The van der Waals surface area contributed by atoms with E-state index in [1.807, 2.05) is 0 Å². The molecule has 0 spiro atoms. The highest BCUT2D eigenvalue weighted by molar-refractivity contribution is 4.66. The summed E-state index contributed by atoms with van der Waals surface area (Å²) >= 11 is 0. The summed E-state index contributed by atoms with van der Waals surface area (Å²) in [5.74, 6) is 0. The van der Waals surface area contributed by atoms with Gasteiger partial charge in [0.05, 0.1) is 6.10 Å². The van der Waals surface area contributed by atoms with Crippen molar-refractivity contribution in [3.05, 3.63) is 0 Å². The Kier molecular flexibility index (Phi) is 3.12. The second-order valence-electron chi connectivity index (χ2n) is 2.92. The van der Waals surface area contributed by atoms with Crippen molar-refractivity contribution in [2.75, 3.05) is 33.9 Å². The number of ether oxygens (including phenoxy) is 1. The Morgan fingerprint density at radius 1 is 1.60 bits per heavy atom. The van der Waals surface area contributed by atoms with Crippen molar-refractivity contribution in [3.8, 4) is 0 Å². The zero-order valence-corrected chi connectivity index (χ0v) is 6.71. The first-order valence-electron chi connectivity index (χ1n) is 3.68. The maximum absolute atomic E-state index is 5.31. The molecular weight excluding hydrogens is 128 g/mol. The van der Waals surface area contributed by atoms with Crippen molar-refractivity contribution in [2.45, 2.75) is 12.5 Å². The van der Waals surface area contributed by atoms with Crippen LogP contribution in [0.4, 0.5) is 0 Å². The van der Waals surface area contributed by atoms with Gasteiger partial charge in [0.15, 0.2) is 0 Å². The minimum Gasteiger partial charge on any atom is -0.360 e. The Hall–Kier alpha value is -0.120. The van der Waals surface area contributed by atoms with Gasteiger partial charge in [0, 0.05) is 13.1 Å². The molecule has 0 aromatic rings. The lowest BCUT2D eigenvalue weighted by Gasteiger charge is -2.12. The molecule has 59 valence electrons. The van der Waals surface area contributed by atoms with Crippen LogP contribution in [0.25, 0.3) is 0 Å². The highest BCUT2D eigenvalue weighted by atomic mass is 16.5. The van der Waals surface area contributed by atoms with E-state index in [1.165, 1.54) is 0 Å². The first-order valence-corrected chi connectivity index (χ1v) is 3.68.